The molecule has 0 aliphatic heterocycles. The molecule has 1 atom stereocenters. The van der Waals surface area contributed by atoms with Crippen LogP contribution in [-0.4, -0.2) is 17.3 Å². The van der Waals surface area contributed by atoms with E-state index in [1.54, 1.807) is 24.3 Å². The number of rotatable bonds is 4. The molecule has 0 saturated carbocycles. The highest BCUT2D eigenvalue weighted by Crippen LogP contribution is 2.18. The Labute approximate surface area is 86.3 Å². The number of hydrogen-bond acceptors (Lipinski definition) is 5. The van der Waals surface area contributed by atoms with Gasteiger partial charge in [0.15, 0.2) is 0 Å². The molecule has 0 radical (unpaired) electrons. The van der Waals surface area contributed by atoms with Gasteiger partial charge < -0.3 is 9.84 Å². The molecular weight excluding hydrogens is 200 g/mol. The summed E-state index contributed by atoms with van der Waals surface area (Å²) in [6, 6.07) is 6.73. The van der Waals surface area contributed by atoms with Gasteiger partial charge in [0, 0.05) is 5.56 Å². The first kappa shape index (κ1) is 11.6. The number of nitrogens with two attached hydrogens (primary N) is 2. The summed E-state index contributed by atoms with van der Waals surface area (Å²) in [5.41, 5.74) is 5.66. The maximum Gasteiger partial charge on any atom is 0.409 e. The molecular formula is C9H13N2O4+. The van der Waals surface area contributed by atoms with E-state index in [1.165, 1.54) is 0 Å². The van der Waals surface area contributed by atoms with Crippen LogP contribution >= 0.6 is 0 Å². The van der Waals surface area contributed by atoms with Crippen molar-refractivity contribution in [3.8, 4) is 5.75 Å². The van der Waals surface area contributed by atoms with E-state index in [0.29, 0.717) is 11.3 Å². The molecule has 0 aliphatic carbocycles. The highest BCUT2D eigenvalue weighted by molar-refractivity contribution is 5.76. The van der Waals surface area contributed by atoms with Crippen LogP contribution < -0.4 is 16.4 Å². The van der Waals surface area contributed by atoms with Crippen LogP contribution in [0.2, 0.25) is 0 Å². The summed E-state index contributed by atoms with van der Waals surface area (Å²) in [5, 5.41) is 6.95. The van der Waals surface area contributed by atoms with Crippen LogP contribution in [0.1, 0.15) is 5.56 Å². The van der Waals surface area contributed by atoms with Gasteiger partial charge in [0.2, 0.25) is 0 Å². The number of carbonyl (C=O) groups excluding carboxylic acids is 1. The molecule has 0 spiro atoms. The third kappa shape index (κ3) is 3.30. The maximum atomic E-state index is 11.1. The predicted octanol–water partition coefficient (Wildman–Crippen LogP) is -1.01. The molecule has 0 heterocycles. The Morgan fingerprint density at radius 3 is 2.73 bits per heavy atom. The summed E-state index contributed by atoms with van der Waals surface area (Å²) in [5.74, 6) is 4.40. The van der Waals surface area contributed by atoms with Crippen molar-refractivity contribution in [1.29, 1.82) is 0 Å². The Kier molecular flexibility index (Phi) is 4.19. The van der Waals surface area contributed by atoms with E-state index in [1.807, 2.05) is 0 Å². The average molecular weight is 213 g/mol. The van der Waals surface area contributed by atoms with Gasteiger partial charge in [-0.05, 0) is 6.07 Å². The molecule has 0 aromatic heterocycles. The topological polar surface area (TPSA) is 110 Å². The van der Waals surface area contributed by atoms with Gasteiger partial charge in [0.1, 0.15) is 5.75 Å². The van der Waals surface area contributed by atoms with Crippen LogP contribution in [0.3, 0.4) is 0 Å². The summed E-state index contributed by atoms with van der Waals surface area (Å²) in [6.07, 6.45) is -1.41. The van der Waals surface area contributed by atoms with E-state index in [9.17, 15) is 4.79 Å². The standard InChI is InChI=1S/C9H12N2O4/c10-8(12)9(13)15-7-4-2-1-3-6(7)5-14-11/h1-4,8,12H,5,10-11H2/p+1. The summed E-state index contributed by atoms with van der Waals surface area (Å²) < 4.78 is 4.87. The Morgan fingerprint density at radius 2 is 2.13 bits per heavy atom. The quantitative estimate of drug-likeness (QED) is 0.219. The van der Waals surface area contributed by atoms with E-state index in [4.69, 9.17) is 21.5 Å². The largest absolute Gasteiger partial charge is 0.423 e. The first-order valence-corrected chi connectivity index (χ1v) is 4.23. The monoisotopic (exact) mass is 213 g/mol. The molecule has 6 heteroatoms. The predicted molar refractivity (Wildman–Crippen MR) is 52.6 cm³/mol. The SMILES string of the molecule is NOCc1ccccc1OC(=O)C(N)[OH2+]. The number of hydrogen-bond donors (Lipinski definition) is 2. The van der Waals surface area contributed by atoms with Gasteiger partial charge in [0.25, 0.3) is 0 Å². The van der Waals surface area contributed by atoms with Crippen molar-refractivity contribution in [1.82, 2.24) is 0 Å². The third-order valence-electron chi connectivity index (χ3n) is 1.68. The van der Waals surface area contributed by atoms with Crippen LogP contribution in [0.4, 0.5) is 0 Å². The normalized spacial score (nSPS) is 12.2. The van der Waals surface area contributed by atoms with Gasteiger partial charge in [-0.15, -0.1) is 0 Å². The lowest BCUT2D eigenvalue weighted by Gasteiger charge is -2.08. The first-order chi connectivity index (χ1) is 7.15. The summed E-state index contributed by atoms with van der Waals surface area (Å²) in [6.45, 7) is 0.122. The van der Waals surface area contributed by atoms with Crippen molar-refractivity contribution in [2.75, 3.05) is 0 Å². The van der Waals surface area contributed by atoms with Gasteiger partial charge in [-0.1, -0.05) is 18.2 Å². The molecule has 1 aromatic rings. The molecule has 0 bridgehead atoms. The minimum Gasteiger partial charge on any atom is -0.423 e. The van der Waals surface area contributed by atoms with Crippen molar-refractivity contribution in [2.45, 2.75) is 12.8 Å². The van der Waals surface area contributed by atoms with Gasteiger partial charge in [0.05, 0.1) is 6.61 Å². The van der Waals surface area contributed by atoms with Crippen molar-refractivity contribution < 1.29 is 19.5 Å². The number of ether oxygens (including phenoxy) is 1. The first-order valence-electron chi connectivity index (χ1n) is 4.23. The smallest absolute Gasteiger partial charge is 0.409 e. The second kappa shape index (κ2) is 5.42. The summed E-state index contributed by atoms with van der Waals surface area (Å²) >= 11 is 0. The molecule has 0 fully saturated rings. The highest BCUT2D eigenvalue weighted by atomic mass is 16.6. The zero-order chi connectivity index (χ0) is 11.3. The minimum absolute atomic E-state index is 0.122. The molecule has 1 aromatic carbocycles. The number of benzene rings is 1. The number of esters is 1. The summed E-state index contributed by atoms with van der Waals surface area (Å²) in [7, 11) is 0. The zero-order valence-corrected chi connectivity index (χ0v) is 7.97. The Hall–Kier alpha value is -1.47. The molecule has 82 valence electrons. The zero-order valence-electron chi connectivity index (χ0n) is 7.97. The van der Waals surface area contributed by atoms with Crippen molar-refractivity contribution in [2.24, 2.45) is 11.6 Å². The number of carbonyl (C=O) groups is 1. The fourth-order valence-electron chi connectivity index (χ4n) is 0.984. The summed E-state index contributed by atoms with van der Waals surface area (Å²) in [4.78, 5) is 15.5. The van der Waals surface area contributed by atoms with Crippen LogP contribution in [0, 0.1) is 0 Å². The third-order valence-corrected chi connectivity index (χ3v) is 1.68. The molecule has 1 rings (SSSR count). The van der Waals surface area contributed by atoms with E-state index in [-0.39, 0.29) is 6.61 Å². The Morgan fingerprint density at radius 1 is 1.47 bits per heavy atom. The molecule has 6 N–H and O–H groups in total. The number of para-hydroxylation sites is 1. The average Bonchev–Trinajstić information content (AvgIpc) is 2.21. The van der Waals surface area contributed by atoms with Gasteiger partial charge >= 0.3 is 12.2 Å². The lowest BCUT2D eigenvalue weighted by Crippen LogP contribution is -2.33. The van der Waals surface area contributed by atoms with E-state index < -0.39 is 12.2 Å². The maximum absolute atomic E-state index is 11.1. The molecule has 0 aliphatic rings. The fraction of sp³-hybridized carbons (Fsp3) is 0.222. The van der Waals surface area contributed by atoms with E-state index >= 15 is 0 Å². The highest BCUT2D eigenvalue weighted by Gasteiger charge is 2.18. The molecule has 6 nitrogen and oxygen atoms in total. The molecule has 0 amide bonds. The second-order valence-corrected chi connectivity index (χ2v) is 2.82. The molecule has 1 unspecified atom stereocenters. The Bertz CT molecular complexity index is 341. The minimum atomic E-state index is -1.41. The lowest BCUT2D eigenvalue weighted by atomic mass is 10.2. The van der Waals surface area contributed by atoms with Crippen molar-refractivity contribution in [3.05, 3.63) is 29.8 Å². The fourth-order valence-corrected chi connectivity index (χ4v) is 0.984. The lowest BCUT2D eigenvalue weighted by molar-refractivity contribution is -0.143. The van der Waals surface area contributed by atoms with Gasteiger partial charge in [-0.2, -0.15) is 0 Å². The van der Waals surface area contributed by atoms with E-state index in [0.717, 1.165) is 0 Å². The van der Waals surface area contributed by atoms with Crippen molar-refractivity contribution in [3.63, 3.8) is 0 Å². The van der Waals surface area contributed by atoms with Crippen LogP contribution in [0.15, 0.2) is 24.3 Å². The molecule has 15 heavy (non-hydrogen) atoms. The van der Waals surface area contributed by atoms with Gasteiger partial charge in [-0.3, -0.25) is 10.6 Å². The van der Waals surface area contributed by atoms with Crippen LogP contribution in [0.5, 0.6) is 5.75 Å². The van der Waals surface area contributed by atoms with E-state index in [2.05, 4.69) is 4.84 Å². The Balaban J connectivity index is 2.79. The van der Waals surface area contributed by atoms with Gasteiger partial charge in [-0.25, -0.2) is 10.7 Å². The molecule has 0 saturated heterocycles. The van der Waals surface area contributed by atoms with Crippen LogP contribution in [-0.2, 0) is 16.2 Å². The van der Waals surface area contributed by atoms with Crippen molar-refractivity contribution >= 4 is 5.97 Å². The van der Waals surface area contributed by atoms with Crippen LogP contribution in [0.25, 0.3) is 0 Å². The second-order valence-electron chi connectivity index (χ2n) is 2.82.